The average molecular weight is 344 g/mol. The first kappa shape index (κ1) is 12.1. The average Bonchev–Trinajstić information content (AvgIpc) is 2.62. The summed E-state index contributed by atoms with van der Waals surface area (Å²) in [6.45, 7) is 4.11. The van der Waals surface area contributed by atoms with Gasteiger partial charge in [-0.25, -0.2) is 0 Å². The predicted molar refractivity (Wildman–Crippen MR) is 77.0 cm³/mol. The van der Waals surface area contributed by atoms with Crippen LogP contribution < -0.4 is 0 Å². The lowest BCUT2D eigenvalue weighted by atomic mass is 10.00. The van der Waals surface area contributed by atoms with Crippen LogP contribution in [0.15, 0.2) is 29.6 Å². The number of aliphatic hydroxyl groups is 1. The van der Waals surface area contributed by atoms with Crippen molar-refractivity contribution in [2.75, 3.05) is 0 Å². The first-order valence-corrected chi connectivity index (χ1v) is 7.02. The second kappa shape index (κ2) is 4.85. The third-order valence-corrected chi connectivity index (χ3v) is 4.27. The number of aliphatic hydroxyl groups excluding tert-OH is 1. The van der Waals surface area contributed by atoms with Crippen molar-refractivity contribution in [3.05, 3.63) is 54.8 Å². The van der Waals surface area contributed by atoms with E-state index in [1.807, 2.05) is 23.6 Å². The molecule has 0 fully saturated rings. The first-order valence-electron chi connectivity index (χ1n) is 5.06. The van der Waals surface area contributed by atoms with Gasteiger partial charge in [0.25, 0.3) is 0 Å². The van der Waals surface area contributed by atoms with Crippen LogP contribution in [0.4, 0.5) is 0 Å². The molecular weight excluding hydrogens is 331 g/mol. The zero-order chi connectivity index (χ0) is 11.7. The number of benzene rings is 1. The highest BCUT2D eigenvalue weighted by Crippen LogP contribution is 2.28. The Labute approximate surface area is 113 Å². The molecule has 0 radical (unpaired) electrons. The van der Waals surface area contributed by atoms with Gasteiger partial charge in [0.2, 0.25) is 0 Å². The first-order chi connectivity index (χ1) is 7.56. The van der Waals surface area contributed by atoms with Crippen LogP contribution in [0.2, 0.25) is 0 Å². The van der Waals surface area contributed by atoms with Gasteiger partial charge in [-0.3, -0.25) is 0 Å². The van der Waals surface area contributed by atoms with Crippen LogP contribution in [0.1, 0.15) is 28.4 Å². The molecule has 0 aliphatic rings. The molecule has 1 atom stereocenters. The summed E-state index contributed by atoms with van der Waals surface area (Å²) in [5.74, 6) is 0. The van der Waals surface area contributed by atoms with Crippen LogP contribution in [-0.4, -0.2) is 5.11 Å². The van der Waals surface area contributed by atoms with E-state index in [4.69, 9.17) is 0 Å². The van der Waals surface area contributed by atoms with Gasteiger partial charge in [-0.2, -0.15) is 0 Å². The highest BCUT2D eigenvalue weighted by molar-refractivity contribution is 14.1. The quantitative estimate of drug-likeness (QED) is 0.815. The van der Waals surface area contributed by atoms with E-state index in [2.05, 4.69) is 42.5 Å². The van der Waals surface area contributed by atoms with Crippen LogP contribution in [0.25, 0.3) is 0 Å². The topological polar surface area (TPSA) is 20.2 Å². The van der Waals surface area contributed by atoms with Crippen molar-refractivity contribution >= 4 is 33.9 Å². The zero-order valence-corrected chi connectivity index (χ0v) is 12.2. The van der Waals surface area contributed by atoms with Crippen molar-refractivity contribution in [1.29, 1.82) is 0 Å². The number of hydrogen-bond acceptors (Lipinski definition) is 2. The Morgan fingerprint density at radius 2 is 1.69 bits per heavy atom. The van der Waals surface area contributed by atoms with E-state index in [0.717, 1.165) is 11.1 Å². The van der Waals surface area contributed by atoms with E-state index in [0.29, 0.717) is 0 Å². The molecule has 1 N–H and O–H groups in total. The molecule has 0 saturated carbocycles. The fourth-order valence-corrected chi connectivity index (χ4v) is 3.22. The lowest BCUT2D eigenvalue weighted by Crippen LogP contribution is -1.99. The van der Waals surface area contributed by atoms with E-state index >= 15 is 0 Å². The van der Waals surface area contributed by atoms with E-state index in [-0.39, 0.29) is 0 Å². The van der Waals surface area contributed by atoms with Crippen LogP contribution in [-0.2, 0) is 0 Å². The van der Waals surface area contributed by atoms with Gasteiger partial charge in [0.05, 0.1) is 2.88 Å². The lowest BCUT2D eigenvalue weighted by molar-refractivity contribution is 0.220. The van der Waals surface area contributed by atoms with Crippen molar-refractivity contribution in [2.45, 2.75) is 20.0 Å². The molecule has 2 aromatic rings. The third-order valence-electron chi connectivity index (χ3n) is 2.46. The van der Waals surface area contributed by atoms with E-state index < -0.39 is 6.10 Å². The molecule has 0 saturated heterocycles. The van der Waals surface area contributed by atoms with E-state index in [1.54, 1.807) is 11.3 Å². The van der Waals surface area contributed by atoms with Crippen LogP contribution in [0.3, 0.4) is 0 Å². The number of aryl methyl sites for hydroxylation is 2. The molecular formula is C13H13IOS. The third kappa shape index (κ3) is 2.64. The number of halogens is 1. The summed E-state index contributed by atoms with van der Waals surface area (Å²) in [5.41, 5.74) is 4.35. The number of hydrogen-bond donors (Lipinski definition) is 1. The Kier molecular flexibility index (Phi) is 3.66. The largest absolute Gasteiger partial charge is 0.384 e. The van der Waals surface area contributed by atoms with Gasteiger partial charge < -0.3 is 5.11 Å². The van der Waals surface area contributed by atoms with Crippen molar-refractivity contribution < 1.29 is 5.11 Å². The second-order valence-electron chi connectivity index (χ2n) is 4.01. The molecule has 1 aromatic carbocycles. The van der Waals surface area contributed by atoms with Gasteiger partial charge in [0, 0.05) is 0 Å². The molecule has 16 heavy (non-hydrogen) atoms. The van der Waals surface area contributed by atoms with Crippen molar-refractivity contribution in [3.63, 3.8) is 0 Å². The Hall–Kier alpha value is -0.390. The fourth-order valence-electron chi connectivity index (χ4n) is 1.83. The molecule has 1 heterocycles. The Bertz CT molecular complexity index is 484. The smallest absolute Gasteiger partial charge is 0.105 e. The molecule has 1 aromatic heterocycles. The molecule has 0 spiro atoms. The summed E-state index contributed by atoms with van der Waals surface area (Å²) in [7, 11) is 0. The van der Waals surface area contributed by atoms with Gasteiger partial charge in [-0.05, 0) is 59.0 Å². The highest BCUT2D eigenvalue weighted by atomic mass is 127. The van der Waals surface area contributed by atoms with Gasteiger partial charge in [-0.15, -0.1) is 11.3 Å². The van der Waals surface area contributed by atoms with E-state index in [1.165, 1.54) is 14.0 Å². The summed E-state index contributed by atoms with van der Waals surface area (Å²) in [5, 5.41) is 12.3. The summed E-state index contributed by atoms with van der Waals surface area (Å²) >= 11 is 3.94. The molecule has 0 amide bonds. The summed E-state index contributed by atoms with van der Waals surface area (Å²) in [6.07, 6.45) is -0.502. The molecule has 1 nitrogen and oxygen atoms in total. The standard InChI is InChI=1S/C13H13IOS/c1-8-3-9(2)5-10(4-8)13(15)11-6-12(14)16-7-11/h3-7,13,15H,1-2H3. The maximum absolute atomic E-state index is 10.3. The van der Waals surface area contributed by atoms with Gasteiger partial charge in [0.1, 0.15) is 6.10 Å². The zero-order valence-electron chi connectivity index (χ0n) is 9.20. The van der Waals surface area contributed by atoms with Crippen LogP contribution in [0.5, 0.6) is 0 Å². The second-order valence-corrected chi connectivity index (χ2v) is 6.81. The fraction of sp³-hybridized carbons (Fsp3) is 0.231. The minimum Gasteiger partial charge on any atom is -0.384 e. The maximum atomic E-state index is 10.3. The Balaban J connectivity index is 2.37. The number of rotatable bonds is 2. The molecule has 2 rings (SSSR count). The Morgan fingerprint density at radius 1 is 1.06 bits per heavy atom. The normalized spacial score (nSPS) is 12.8. The number of thiophene rings is 1. The molecule has 0 aliphatic carbocycles. The lowest BCUT2D eigenvalue weighted by Gasteiger charge is -2.11. The molecule has 1 unspecified atom stereocenters. The molecule has 0 aliphatic heterocycles. The summed E-state index contributed by atoms with van der Waals surface area (Å²) in [4.78, 5) is 0. The molecule has 84 valence electrons. The predicted octanol–water partition coefficient (Wildman–Crippen LogP) is 4.05. The summed E-state index contributed by atoms with van der Waals surface area (Å²) < 4.78 is 1.20. The van der Waals surface area contributed by atoms with Crippen molar-refractivity contribution in [1.82, 2.24) is 0 Å². The summed E-state index contributed by atoms with van der Waals surface area (Å²) in [6, 6.07) is 8.24. The van der Waals surface area contributed by atoms with Crippen molar-refractivity contribution in [3.8, 4) is 0 Å². The molecule has 0 bridgehead atoms. The van der Waals surface area contributed by atoms with E-state index in [9.17, 15) is 5.11 Å². The van der Waals surface area contributed by atoms with Gasteiger partial charge >= 0.3 is 0 Å². The van der Waals surface area contributed by atoms with Crippen molar-refractivity contribution in [2.24, 2.45) is 0 Å². The maximum Gasteiger partial charge on any atom is 0.105 e. The monoisotopic (exact) mass is 344 g/mol. The molecule has 3 heteroatoms. The van der Waals surface area contributed by atoms with Gasteiger partial charge in [-0.1, -0.05) is 29.3 Å². The van der Waals surface area contributed by atoms with Crippen LogP contribution in [0, 0.1) is 16.7 Å². The minimum absolute atomic E-state index is 0.502. The highest BCUT2D eigenvalue weighted by Gasteiger charge is 2.12. The minimum atomic E-state index is -0.502. The van der Waals surface area contributed by atoms with Gasteiger partial charge in [0.15, 0.2) is 0 Å². The Morgan fingerprint density at radius 3 is 2.19 bits per heavy atom. The van der Waals surface area contributed by atoms with Crippen LogP contribution >= 0.6 is 33.9 Å². The SMILES string of the molecule is Cc1cc(C)cc(C(O)c2csc(I)c2)c1.